The fraction of sp³-hybridized carbons (Fsp3) is 0.474. The molecule has 0 aliphatic heterocycles. The van der Waals surface area contributed by atoms with Crippen molar-refractivity contribution in [1.82, 2.24) is 20.2 Å². The molecular formula is C19H26N4O3. The molecule has 7 heteroatoms. The van der Waals surface area contributed by atoms with Gasteiger partial charge in [-0.3, -0.25) is 14.4 Å². The molecule has 0 aliphatic carbocycles. The molecule has 0 saturated heterocycles. The lowest BCUT2D eigenvalue weighted by molar-refractivity contribution is -0.133. The van der Waals surface area contributed by atoms with Gasteiger partial charge in [0.25, 0.3) is 5.56 Å². The van der Waals surface area contributed by atoms with Gasteiger partial charge in [0.15, 0.2) is 0 Å². The van der Waals surface area contributed by atoms with Gasteiger partial charge < -0.3 is 15.2 Å². The number of likely N-dealkylation sites (N-methyl/N-ethyl adjacent to an activating group) is 1. The van der Waals surface area contributed by atoms with Crippen LogP contribution in [0.3, 0.4) is 0 Å². The van der Waals surface area contributed by atoms with Crippen molar-refractivity contribution in [3.8, 4) is 0 Å². The van der Waals surface area contributed by atoms with Gasteiger partial charge in [-0.25, -0.2) is 4.98 Å². The zero-order chi connectivity index (χ0) is 19.1. The third-order valence-electron chi connectivity index (χ3n) is 4.12. The van der Waals surface area contributed by atoms with Crippen LogP contribution in [0.4, 0.5) is 0 Å². The molecule has 2 amide bonds. The van der Waals surface area contributed by atoms with Crippen molar-refractivity contribution < 1.29 is 9.59 Å². The van der Waals surface area contributed by atoms with Gasteiger partial charge in [-0.2, -0.15) is 0 Å². The van der Waals surface area contributed by atoms with Crippen molar-refractivity contribution in [3.63, 3.8) is 0 Å². The summed E-state index contributed by atoms with van der Waals surface area (Å²) in [5.41, 5.74) is 0.368. The largest absolute Gasteiger partial charge is 0.347 e. The molecule has 0 fully saturated rings. The van der Waals surface area contributed by atoms with Crippen molar-refractivity contribution >= 4 is 22.7 Å². The summed E-state index contributed by atoms with van der Waals surface area (Å²) in [6, 6.07) is 7.07. The van der Waals surface area contributed by atoms with Crippen LogP contribution >= 0.6 is 0 Å². The van der Waals surface area contributed by atoms with E-state index in [0.29, 0.717) is 35.6 Å². The van der Waals surface area contributed by atoms with Crippen LogP contribution in [0.5, 0.6) is 0 Å². The summed E-state index contributed by atoms with van der Waals surface area (Å²) in [5.74, 6) is 0.538. The normalized spacial score (nSPS) is 10.9. The van der Waals surface area contributed by atoms with Gasteiger partial charge in [0, 0.05) is 13.0 Å². The molecule has 7 nitrogen and oxygen atoms in total. The highest BCUT2D eigenvalue weighted by atomic mass is 16.2. The Hall–Kier alpha value is -2.70. The first-order valence-electron chi connectivity index (χ1n) is 8.93. The number of nitrogens with one attached hydrogen (secondary N) is 2. The molecule has 1 heterocycles. The Kier molecular flexibility index (Phi) is 6.89. The standard InChI is InChI=1S/C19H26N4O3/c1-4-23(18(25)11-20-17(24)10-9-13(2)3)12-16-21-15-8-6-5-7-14(15)19(26)22-16/h5-8,13H,4,9-12H2,1-3H3,(H,20,24)(H,21,22,26). The molecule has 0 unspecified atom stereocenters. The van der Waals surface area contributed by atoms with Crippen LogP contribution in [0.2, 0.25) is 0 Å². The van der Waals surface area contributed by atoms with Crippen molar-refractivity contribution in [3.05, 3.63) is 40.4 Å². The van der Waals surface area contributed by atoms with Gasteiger partial charge >= 0.3 is 0 Å². The summed E-state index contributed by atoms with van der Waals surface area (Å²) >= 11 is 0. The number of aromatic nitrogens is 2. The molecule has 1 aromatic heterocycles. The average Bonchev–Trinajstić information content (AvgIpc) is 2.62. The number of fused-ring (bicyclic) bond motifs is 1. The van der Waals surface area contributed by atoms with E-state index in [9.17, 15) is 14.4 Å². The van der Waals surface area contributed by atoms with Gasteiger partial charge in [-0.05, 0) is 31.4 Å². The van der Waals surface area contributed by atoms with E-state index in [2.05, 4.69) is 29.1 Å². The van der Waals surface area contributed by atoms with Gasteiger partial charge in [-0.1, -0.05) is 26.0 Å². The maximum absolute atomic E-state index is 12.4. The molecule has 1 aromatic carbocycles. The molecule has 0 saturated carbocycles. The van der Waals surface area contributed by atoms with E-state index in [4.69, 9.17) is 0 Å². The predicted molar refractivity (Wildman–Crippen MR) is 101 cm³/mol. The quantitative estimate of drug-likeness (QED) is 0.752. The van der Waals surface area contributed by atoms with Crippen molar-refractivity contribution in [2.24, 2.45) is 5.92 Å². The van der Waals surface area contributed by atoms with E-state index in [0.717, 1.165) is 6.42 Å². The summed E-state index contributed by atoms with van der Waals surface area (Å²) < 4.78 is 0. The summed E-state index contributed by atoms with van der Waals surface area (Å²) in [7, 11) is 0. The van der Waals surface area contributed by atoms with Crippen LogP contribution in [-0.4, -0.2) is 39.8 Å². The van der Waals surface area contributed by atoms with Crippen LogP contribution in [0.15, 0.2) is 29.1 Å². The van der Waals surface area contributed by atoms with E-state index < -0.39 is 0 Å². The maximum atomic E-state index is 12.4. The lowest BCUT2D eigenvalue weighted by Crippen LogP contribution is -2.40. The number of H-pyrrole nitrogens is 1. The molecule has 0 aliphatic rings. The van der Waals surface area contributed by atoms with Gasteiger partial charge in [-0.15, -0.1) is 0 Å². The second kappa shape index (κ2) is 9.12. The smallest absolute Gasteiger partial charge is 0.258 e. The number of rotatable bonds is 8. The van der Waals surface area contributed by atoms with Crippen LogP contribution in [0.1, 0.15) is 39.4 Å². The summed E-state index contributed by atoms with van der Waals surface area (Å²) in [4.78, 5) is 44.9. The van der Waals surface area contributed by atoms with Gasteiger partial charge in [0.05, 0.1) is 24.0 Å². The molecule has 2 aromatic rings. The molecule has 2 N–H and O–H groups in total. The van der Waals surface area contributed by atoms with Crippen LogP contribution < -0.4 is 10.9 Å². The number of carbonyl (C=O) groups excluding carboxylic acids is 2. The minimum absolute atomic E-state index is 0.0530. The summed E-state index contributed by atoms with van der Waals surface area (Å²) in [6.45, 7) is 6.54. The number of hydrogen-bond acceptors (Lipinski definition) is 4. The van der Waals surface area contributed by atoms with Crippen LogP contribution in [-0.2, 0) is 16.1 Å². The first-order chi connectivity index (χ1) is 12.4. The summed E-state index contributed by atoms with van der Waals surface area (Å²) in [6.07, 6.45) is 1.20. The molecule has 0 atom stereocenters. The highest BCUT2D eigenvalue weighted by Gasteiger charge is 2.15. The maximum Gasteiger partial charge on any atom is 0.258 e. The topological polar surface area (TPSA) is 95.2 Å². The molecular weight excluding hydrogens is 332 g/mol. The Balaban J connectivity index is 1.99. The highest BCUT2D eigenvalue weighted by molar-refractivity contribution is 5.84. The molecule has 140 valence electrons. The Morgan fingerprint density at radius 2 is 2.00 bits per heavy atom. The second-order valence-electron chi connectivity index (χ2n) is 6.65. The third-order valence-corrected chi connectivity index (χ3v) is 4.12. The average molecular weight is 358 g/mol. The van der Waals surface area contributed by atoms with E-state index in [1.807, 2.05) is 13.0 Å². The lowest BCUT2D eigenvalue weighted by atomic mass is 10.1. The number of amides is 2. The molecule has 0 spiro atoms. The number of aromatic amines is 1. The summed E-state index contributed by atoms with van der Waals surface area (Å²) in [5, 5.41) is 3.17. The highest BCUT2D eigenvalue weighted by Crippen LogP contribution is 2.07. The van der Waals surface area contributed by atoms with Crippen LogP contribution in [0, 0.1) is 5.92 Å². The molecule has 0 radical (unpaired) electrons. The molecule has 0 bridgehead atoms. The van der Waals surface area contributed by atoms with Crippen molar-refractivity contribution in [2.75, 3.05) is 13.1 Å². The van der Waals surface area contributed by atoms with Crippen molar-refractivity contribution in [1.29, 1.82) is 0 Å². The van der Waals surface area contributed by atoms with E-state index >= 15 is 0 Å². The Labute approximate surface area is 152 Å². The fourth-order valence-electron chi connectivity index (χ4n) is 2.56. The zero-order valence-electron chi connectivity index (χ0n) is 15.5. The Morgan fingerprint density at radius 3 is 2.69 bits per heavy atom. The molecule has 2 rings (SSSR count). The number of benzene rings is 1. The monoisotopic (exact) mass is 358 g/mol. The van der Waals surface area contributed by atoms with Gasteiger partial charge in [0.1, 0.15) is 5.82 Å². The number of hydrogen-bond donors (Lipinski definition) is 2. The minimum Gasteiger partial charge on any atom is -0.347 e. The van der Waals surface area contributed by atoms with Crippen LogP contribution in [0.25, 0.3) is 10.9 Å². The van der Waals surface area contributed by atoms with E-state index in [1.165, 1.54) is 0 Å². The second-order valence-corrected chi connectivity index (χ2v) is 6.65. The van der Waals surface area contributed by atoms with E-state index in [1.54, 1.807) is 23.1 Å². The van der Waals surface area contributed by atoms with Gasteiger partial charge in [0.2, 0.25) is 11.8 Å². The first kappa shape index (κ1) is 19.6. The zero-order valence-corrected chi connectivity index (χ0v) is 15.5. The SMILES string of the molecule is CCN(Cc1nc2ccccc2c(=O)[nH]1)C(=O)CNC(=O)CCC(C)C. The fourth-order valence-corrected chi connectivity index (χ4v) is 2.56. The van der Waals surface area contributed by atoms with E-state index in [-0.39, 0.29) is 30.5 Å². The third kappa shape index (κ3) is 5.40. The Morgan fingerprint density at radius 1 is 1.27 bits per heavy atom. The number of para-hydroxylation sites is 1. The lowest BCUT2D eigenvalue weighted by Gasteiger charge is -2.20. The first-order valence-corrected chi connectivity index (χ1v) is 8.93. The predicted octanol–water partition coefficient (Wildman–Crippen LogP) is 1.82. The molecule has 26 heavy (non-hydrogen) atoms. The number of carbonyl (C=O) groups is 2. The van der Waals surface area contributed by atoms with Crippen molar-refractivity contribution in [2.45, 2.75) is 40.2 Å². The minimum atomic E-state index is -0.226. The Bertz CT molecular complexity index is 829. The number of nitrogens with zero attached hydrogens (tertiary/aromatic N) is 2.